The molecule has 0 aliphatic heterocycles. The molecule has 0 aromatic heterocycles. The van der Waals surface area contributed by atoms with Crippen LogP contribution in [-0.2, 0) is 22.5 Å². The smallest absolute Gasteiger partial charge is 0.408 e. The molecular weight excluding hydrogens is 476 g/mol. The minimum atomic E-state index is -0.803. The lowest BCUT2D eigenvalue weighted by Crippen LogP contribution is -2.55. The Balaban J connectivity index is 0.00000304. The van der Waals surface area contributed by atoms with Crippen LogP contribution in [0.2, 0.25) is 0 Å². The SMILES string of the molecule is Cl.N=C(N)c1cccc(C[C@@H](NC(=O)OC23CC4CC(CC(C4)C2)C3)C(=O)NCc2ccccc2)c1. The largest absolute Gasteiger partial charge is 0.443 e. The van der Waals surface area contributed by atoms with Crippen LogP contribution in [0.15, 0.2) is 54.6 Å². The average molecular weight is 511 g/mol. The highest BCUT2D eigenvalue weighted by molar-refractivity contribution is 5.95. The maximum absolute atomic E-state index is 13.2. The monoisotopic (exact) mass is 510 g/mol. The molecule has 5 N–H and O–H groups in total. The standard InChI is InChI=1S/C28H34N4O3.ClH/c29-25(30)23-8-4-7-19(12-23)13-24(26(33)31-17-18-5-2-1-3-6-18)32-27(34)35-28-14-20-9-21(15-28)11-22(10-20)16-28;/h1-8,12,20-22,24H,9-11,13-17H2,(H3,29,30)(H,31,33)(H,32,34);1H/t20?,21?,22?,24-,28?;/m1./s1. The first kappa shape index (κ1) is 26.0. The third-order valence-electron chi connectivity index (χ3n) is 7.89. The molecule has 0 radical (unpaired) electrons. The molecule has 4 saturated carbocycles. The Bertz CT molecular complexity index is 1070. The molecule has 2 aromatic rings. The summed E-state index contributed by atoms with van der Waals surface area (Å²) >= 11 is 0. The molecule has 2 aromatic carbocycles. The number of amidine groups is 1. The topological polar surface area (TPSA) is 117 Å². The second kappa shape index (κ2) is 10.9. The second-order valence-corrected chi connectivity index (χ2v) is 10.7. The van der Waals surface area contributed by atoms with E-state index in [1.807, 2.05) is 36.4 Å². The molecule has 8 heteroatoms. The summed E-state index contributed by atoms with van der Waals surface area (Å²) < 4.78 is 6.11. The lowest BCUT2D eigenvalue weighted by Gasteiger charge is -2.55. The van der Waals surface area contributed by atoms with E-state index < -0.39 is 12.1 Å². The molecule has 0 heterocycles. The van der Waals surface area contributed by atoms with E-state index in [4.69, 9.17) is 15.9 Å². The van der Waals surface area contributed by atoms with Crippen molar-refractivity contribution in [2.45, 2.75) is 63.1 Å². The Hall–Kier alpha value is -3.06. The van der Waals surface area contributed by atoms with Crippen LogP contribution in [0, 0.1) is 23.2 Å². The molecule has 0 saturated heterocycles. The van der Waals surface area contributed by atoms with Crippen molar-refractivity contribution in [3.63, 3.8) is 0 Å². The zero-order valence-electron chi connectivity index (χ0n) is 20.4. The molecule has 2 amide bonds. The predicted octanol–water partition coefficient (Wildman–Crippen LogP) is 4.31. The normalized spacial score (nSPS) is 26.4. The Kier molecular flexibility index (Phi) is 7.88. The molecule has 6 rings (SSSR count). The van der Waals surface area contributed by atoms with Crippen LogP contribution in [0.1, 0.15) is 55.2 Å². The van der Waals surface area contributed by atoms with Crippen molar-refractivity contribution in [1.29, 1.82) is 5.41 Å². The summed E-state index contributed by atoms with van der Waals surface area (Å²) in [5.74, 6) is 1.67. The molecule has 0 unspecified atom stereocenters. The first-order valence-electron chi connectivity index (χ1n) is 12.6. The maximum atomic E-state index is 13.2. The highest BCUT2D eigenvalue weighted by Crippen LogP contribution is 2.57. The number of nitrogens with two attached hydrogens (primary N) is 1. The Morgan fingerprint density at radius 3 is 2.19 bits per heavy atom. The zero-order chi connectivity index (χ0) is 24.4. The lowest BCUT2D eigenvalue weighted by atomic mass is 9.54. The Morgan fingerprint density at radius 2 is 1.58 bits per heavy atom. The molecule has 7 nitrogen and oxygen atoms in total. The number of rotatable bonds is 8. The molecule has 4 aliphatic carbocycles. The van der Waals surface area contributed by atoms with Gasteiger partial charge in [0, 0.05) is 18.5 Å². The first-order chi connectivity index (χ1) is 16.9. The van der Waals surface area contributed by atoms with Crippen molar-refractivity contribution in [3.05, 3.63) is 71.3 Å². The fourth-order valence-corrected chi connectivity index (χ4v) is 6.74. The van der Waals surface area contributed by atoms with E-state index >= 15 is 0 Å². The van der Waals surface area contributed by atoms with E-state index in [-0.39, 0.29) is 36.2 Å². The van der Waals surface area contributed by atoms with Crippen LogP contribution in [0.4, 0.5) is 4.79 Å². The summed E-state index contributed by atoms with van der Waals surface area (Å²) in [6.45, 7) is 0.370. The summed E-state index contributed by atoms with van der Waals surface area (Å²) in [4.78, 5) is 26.3. The fraction of sp³-hybridized carbons (Fsp3) is 0.464. The number of alkyl carbamates (subject to hydrolysis) is 1. The number of ether oxygens (including phenoxy) is 1. The Labute approximate surface area is 218 Å². The van der Waals surface area contributed by atoms with Crippen LogP contribution in [-0.4, -0.2) is 29.5 Å². The van der Waals surface area contributed by atoms with Gasteiger partial charge in [0.05, 0.1) is 0 Å². The third-order valence-corrected chi connectivity index (χ3v) is 7.89. The van der Waals surface area contributed by atoms with Gasteiger partial charge in [0.25, 0.3) is 0 Å². The number of hydrogen-bond donors (Lipinski definition) is 4. The summed E-state index contributed by atoms with van der Waals surface area (Å²) in [6, 6.07) is 16.1. The molecule has 0 spiro atoms. The van der Waals surface area contributed by atoms with Gasteiger partial charge in [-0.1, -0.05) is 48.5 Å². The van der Waals surface area contributed by atoms with E-state index in [9.17, 15) is 9.59 Å². The lowest BCUT2D eigenvalue weighted by molar-refractivity contribution is -0.131. The number of benzene rings is 2. The van der Waals surface area contributed by atoms with Gasteiger partial charge in [0.15, 0.2) is 0 Å². The molecule has 192 valence electrons. The highest BCUT2D eigenvalue weighted by atomic mass is 35.5. The minimum absolute atomic E-state index is 0. The summed E-state index contributed by atoms with van der Waals surface area (Å²) in [7, 11) is 0. The van der Waals surface area contributed by atoms with Crippen LogP contribution in [0.5, 0.6) is 0 Å². The van der Waals surface area contributed by atoms with Crippen molar-refractivity contribution in [2.75, 3.05) is 0 Å². The number of nitrogen functional groups attached to an aromatic ring is 1. The highest BCUT2D eigenvalue weighted by Gasteiger charge is 2.53. The number of hydrogen-bond acceptors (Lipinski definition) is 4. The van der Waals surface area contributed by atoms with E-state index in [0.717, 1.165) is 30.4 Å². The average Bonchev–Trinajstić information content (AvgIpc) is 2.81. The van der Waals surface area contributed by atoms with Crippen LogP contribution in [0.3, 0.4) is 0 Å². The number of carbonyl (C=O) groups is 2. The summed E-state index contributed by atoms with van der Waals surface area (Å²) in [5.41, 5.74) is 7.65. The van der Waals surface area contributed by atoms with Crippen molar-refractivity contribution in [1.82, 2.24) is 10.6 Å². The number of nitrogens with one attached hydrogen (secondary N) is 3. The van der Waals surface area contributed by atoms with E-state index in [1.54, 1.807) is 18.2 Å². The van der Waals surface area contributed by atoms with Crippen LogP contribution >= 0.6 is 12.4 Å². The van der Waals surface area contributed by atoms with Crippen LogP contribution in [0.25, 0.3) is 0 Å². The van der Waals surface area contributed by atoms with E-state index in [2.05, 4.69) is 10.6 Å². The molecule has 1 atom stereocenters. The molecule has 4 aliphatic rings. The van der Waals surface area contributed by atoms with Gasteiger partial charge in [-0.3, -0.25) is 10.2 Å². The number of amides is 2. The van der Waals surface area contributed by atoms with Gasteiger partial charge in [0.1, 0.15) is 17.5 Å². The van der Waals surface area contributed by atoms with Gasteiger partial charge in [-0.2, -0.15) is 0 Å². The summed E-state index contributed by atoms with van der Waals surface area (Å²) in [5, 5.41) is 13.5. The van der Waals surface area contributed by atoms with Gasteiger partial charge >= 0.3 is 6.09 Å². The third kappa shape index (κ3) is 6.01. The van der Waals surface area contributed by atoms with Crippen LogP contribution < -0.4 is 16.4 Å². The predicted molar refractivity (Wildman–Crippen MR) is 141 cm³/mol. The summed E-state index contributed by atoms with van der Waals surface area (Å²) in [6.07, 6.45) is 6.38. The molecule has 4 fully saturated rings. The Morgan fingerprint density at radius 1 is 0.972 bits per heavy atom. The maximum Gasteiger partial charge on any atom is 0.408 e. The van der Waals surface area contributed by atoms with Gasteiger partial charge in [-0.25, -0.2) is 4.79 Å². The van der Waals surface area contributed by atoms with Crippen molar-refractivity contribution >= 4 is 30.2 Å². The van der Waals surface area contributed by atoms with Gasteiger partial charge in [-0.05, 0) is 73.5 Å². The van der Waals surface area contributed by atoms with Gasteiger partial charge in [-0.15, -0.1) is 12.4 Å². The molecule has 4 bridgehead atoms. The zero-order valence-corrected chi connectivity index (χ0v) is 21.2. The van der Waals surface area contributed by atoms with E-state index in [1.165, 1.54) is 19.3 Å². The van der Waals surface area contributed by atoms with E-state index in [0.29, 0.717) is 29.9 Å². The number of carbonyl (C=O) groups excluding carboxylic acids is 2. The first-order valence-corrected chi connectivity index (χ1v) is 12.6. The fourth-order valence-electron chi connectivity index (χ4n) is 6.74. The minimum Gasteiger partial charge on any atom is -0.443 e. The second-order valence-electron chi connectivity index (χ2n) is 10.7. The van der Waals surface area contributed by atoms with Gasteiger partial charge in [0.2, 0.25) is 5.91 Å². The molecular formula is C28H35ClN4O3. The van der Waals surface area contributed by atoms with Crippen molar-refractivity contribution < 1.29 is 14.3 Å². The van der Waals surface area contributed by atoms with Gasteiger partial charge < -0.3 is 21.1 Å². The molecule has 36 heavy (non-hydrogen) atoms. The van der Waals surface area contributed by atoms with Crippen molar-refractivity contribution in [3.8, 4) is 0 Å². The quantitative estimate of drug-likeness (QED) is 0.312. The van der Waals surface area contributed by atoms with Crippen molar-refractivity contribution in [2.24, 2.45) is 23.5 Å². The number of halogens is 1.